The molecule has 0 unspecified atom stereocenters. The third kappa shape index (κ3) is 5.78. The summed E-state index contributed by atoms with van der Waals surface area (Å²) in [6.07, 6.45) is 4.05. The highest BCUT2D eigenvalue weighted by Gasteiger charge is 2.28. The maximum Gasteiger partial charge on any atom is 0.329 e. The number of methoxy groups -OCH3 is 1. The molecule has 1 aliphatic rings. The normalized spacial score (nSPS) is 17.9. The molecule has 0 bridgehead atoms. The Balaban J connectivity index is 1.67. The number of nitrogens with zero attached hydrogens (tertiary/aromatic N) is 2. The summed E-state index contributed by atoms with van der Waals surface area (Å²) in [4.78, 5) is 10.7. The predicted molar refractivity (Wildman–Crippen MR) is 138 cm³/mol. The molecule has 1 aromatic heterocycles. The topological polar surface area (TPSA) is 73.6 Å². The number of aromatic nitrogens is 2. The SMILES string of the molecule is COc1cccc(-c2c(C(C)C)nn(CC3CCC(COCC(=O)O)CC3)c2-c2ccccc2)c1F. The van der Waals surface area contributed by atoms with E-state index in [9.17, 15) is 4.79 Å². The summed E-state index contributed by atoms with van der Waals surface area (Å²) in [7, 11) is 1.48. The van der Waals surface area contributed by atoms with Gasteiger partial charge in [-0.15, -0.1) is 0 Å². The van der Waals surface area contributed by atoms with E-state index in [0.717, 1.165) is 54.7 Å². The molecule has 0 spiro atoms. The number of ether oxygens (including phenoxy) is 2. The fourth-order valence-electron chi connectivity index (χ4n) is 5.17. The second-order valence-corrected chi connectivity index (χ2v) is 9.93. The standard InChI is InChI=1S/C29H35FN2O4/c1-19(2)28-26(23-10-7-11-24(35-3)27(23)30)29(22-8-5-4-6-9-22)32(31-28)16-20-12-14-21(15-13-20)17-36-18-25(33)34/h4-11,19-21H,12-18H2,1-3H3,(H,33,34). The summed E-state index contributed by atoms with van der Waals surface area (Å²) >= 11 is 0. The van der Waals surface area contributed by atoms with Crippen LogP contribution in [0.4, 0.5) is 4.39 Å². The molecule has 3 aromatic rings. The van der Waals surface area contributed by atoms with Crippen molar-refractivity contribution in [3.63, 3.8) is 0 Å². The average Bonchev–Trinajstić information content (AvgIpc) is 3.24. The van der Waals surface area contributed by atoms with E-state index >= 15 is 4.39 Å². The van der Waals surface area contributed by atoms with Crippen LogP contribution in [0, 0.1) is 17.7 Å². The summed E-state index contributed by atoms with van der Waals surface area (Å²) in [6, 6.07) is 15.3. The van der Waals surface area contributed by atoms with Crippen LogP contribution in [0.5, 0.6) is 5.75 Å². The molecule has 192 valence electrons. The number of rotatable bonds is 10. The summed E-state index contributed by atoms with van der Waals surface area (Å²) in [5.74, 6) is -0.153. The molecule has 0 saturated heterocycles. The molecular weight excluding hydrogens is 459 g/mol. The molecule has 0 radical (unpaired) electrons. The Morgan fingerprint density at radius 2 is 1.78 bits per heavy atom. The summed E-state index contributed by atoms with van der Waals surface area (Å²) < 4.78 is 28.2. The number of carbonyl (C=O) groups is 1. The third-order valence-electron chi connectivity index (χ3n) is 7.00. The zero-order valence-electron chi connectivity index (χ0n) is 21.2. The molecule has 0 amide bonds. The van der Waals surface area contributed by atoms with Gasteiger partial charge < -0.3 is 14.6 Å². The van der Waals surface area contributed by atoms with E-state index in [4.69, 9.17) is 19.7 Å². The van der Waals surface area contributed by atoms with Crippen LogP contribution in [0.2, 0.25) is 0 Å². The van der Waals surface area contributed by atoms with Crippen molar-refractivity contribution in [3.05, 3.63) is 60.0 Å². The van der Waals surface area contributed by atoms with Crippen LogP contribution in [-0.2, 0) is 16.1 Å². The van der Waals surface area contributed by atoms with E-state index in [1.165, 1.54) is 7.11 Å². The first-order valence-electron chi connectivity index (χ1n) is 12.7. The van der Waals surface area contributed by atoms with Gasteiger partial charge in [0.2, 0.25) is 0 Å². The lowest BCUT2D eigenvalue weighted by Crippen LogP contribution is -2.23. The molecular formula is C29H35FN2O4. The van der Waals surface area contributed by atoms with Gasteiger partial charge in [-0.3, -0.25) is 4.68 Å². The van der Waals surface area contributed by atoms with Gasteiger partial charge in [0.25, 0.3) is 0 Å². The summed E-state index contributed by atoms with van der Waals surface area (Å²) in [5, 5.41) is 13.9. The molecule has 1 heterocycles. The maximum atomic E-state index is 15.5. The number of aliphatic carboxylic acids is 1. The Labute approximate surface area is 212 Å². The Bertz CT molecular complexity index is 1170. The molecule has 2 aromatic carbocycles. The zero-order chi connectivity index (χ0) is 25.7. The van der Waals surface area contributed by atoms with E-state index in [2.05, 4.69) is 30.7 Å². The van der Waals surface area contributed by atoms with Crippen LogP contribution in [0.1, 0.15) is 51.1 Å². The van der Waals surface area contributed by atoms with Crippen LogP contribution >= 0.6 is 0 Å². The first-order chi connectivity index (χ1) is 17.4. The number of halogens is 1. The van der Waals surface area contributed by atoms with E-state index < -0.39 is 5.97 Å². The largest absolute Gasteiger partial charge is 0.494 e. The minimum absolute atomic E-state index is 0.108. The van der Waals surface area contributed by atoms with Gasteiger partial charge >= 0.3 is 5.97 Å². The van der Waals surface area contributed by atoms with Crippen molar-refractivity contribution in [1.29, 1.82) is 0 Å². The first-order valence-corrected chi connectivity index (χ1v) is 12.7. The second-order valence-electron chi connectivity index (χ2n) is 9.93. The Morgan fingerprint density at radius 3 is 2.42 bits per heavy atom. The lowest BCUT2D eigenvalue weighted by atomic mass is 9.82. The highest BCUT2D eigenvalue weighted by Crippen LogP contribution is 2.42. The van der Waals surface area contributed by atoms with Crippen LogP contribution in [0.15, 0.2) is 48.5 Å². The zero-order valence-corrected chi connectivity index (χ0v) is 21.2. The summed E-state index contributed by atoms with van der Waals surface area (Å²) in [5.41, 5.74) is 4.13. The van der Waals surface area contributed by atoms with Gasteiger partial charge in [-0.05, 0) is 49.5 Å². The van der Waals surface area contributed by atoms with Crippen LogP contribution in [0.25, 0.3) is 22.4 Å². The van der Waals surface area contributed by atoms with E-state index in [1.807, 2.05) is 24.3 Å². The number of hydrogen-bond donors (Lipinski definition) is 1. The molecule has 7 heteroatoms. The number of carboxylic acids is 1. The number of hydrogen-bond acceptors (Lipinski definition) is 4. The smallest absolute Gasteiger partial charge is 0.329 e. The Hall–Kier alpha value is -3.19. The predicted octanol–water partition coefficient (Wildman–Crippen LogP) is 6.40. The van der Waals surface area contributed by atoms with Gasteiger partial charge in [0.1, 0.15) is 6.61 Å². The highest BCUT2D eigenvalue weighted by atomic mass is 19.1. The molecule has 6 nitrogen and oxygen atoms in total. The van der Waals surface area contributed by atoms with Crippen molar-refractivity contribution in [3.8, 4) is 28.1 Å². The fourth-order valence-corrected chi connectivity index (χ4v) is 5.17. The molecule has 0 atom stereocenters. The van der Waals surface area contributed by atoms with Gasteiger partial charge in [-0.1, -0.05) is 56.3 Å². The van der Waals surface area contributed by atoms with Crippen LogP contribution in [0.3, 0.4) is 0 Å². The molecule has 0 aliphatic heterocycles. The van der Waals surface area contributed by atoms with Crippen molar-refractivity contribution in [1.82, 2.24) is 9.78 Å². The van der Waals surface area contributed by atoms with Crippen molar-refractivity contribution in [2.24, 2.45) is 11.8 Å². The molecule has 1 aliphatic carbocycles. The van der Waals surface area contributed by atoms with Gasteiger partial charge in [-0.25, -0.2) is 9.18 Å². The van der Waals surface area contributed by atoms with E-state index in [1.54, 1.807) is 12.1 Å². The molecule has 1 N–H and O–H groups in total. The van der Waals surface area contributed by atoms with Crippen molar-refractivity contribution in [2.45, 2.75) is 52.0 Å². The molecule has 4 rings (SSSR count). The maximum absolute atomic E-state index is 15.5. The van der Waals surface area contributed by atoms with Gasteiger partial charge in [0.05, 0.1) is 25.1 Å². The molecule has 36 heavy (non-hydrogen) atoms. The van der Waals surface area contributed by atoms with Crippen LogP contribution in [-0.4, -0.2) is 41.2 Å². The third-order valence-corrected chi connectivity index (χ3v) is 7.00. The quantitative estimate of drug-likeness (QED) is 0.353. The number of carboxylic acid groups (broad SMARTS) is 1. The van der Waals surface area contributed by atoms with E-state index in [0.29, 0.717) is 24.0 Å². The van der Waals surface area contributed by atoms with Crippen molar-refractivity contribution in [2.75, 3.05) is 20.3 Å². The second kappa shape index (κ2) is 11.7. The molecule has 1 saturated carbocycles. The van der Waals surface area contributed by atoms with Gasteiger partial charge in [-0.2, -0.15) is 5.10 Å². The lowest BCUT2D eigenvalue weighted by molar-refractivity contribution is -0.142. The minimum Gasteiger partial charge on any atom is -0.494 e. The van der Waals surface area contributed by atoms with Crippen molar-refractivity contribution >= 4 is 5.97 Å². The monoisotopic (exact) mass is 494 g/mol. The minimum atomic E-state index is -0.931. The van der Waals surface area contributed by atoms with Gasteiger partial charge in [0, 0.05) is 23.2 Å². The van der Waals surface area contributed by atoms with E-state index in [-0.39, 0.29) is 24.1 Å². The number of benzene rings is 2. The Kier molecular flexibility index (Phi) is 8.41. The first kappa shape index (κ1) is 25.9. The Morgan fingerprint density at radius 1 is 1.08 bits per heavy atom. The van der Waals surface area contributed by atoms with Crippen molar-refractivity contribution < 1.29 is 23.8 Å². The average molecular weight is 495 g/mol. The van der Waals surface area contributed by atoms with Crippen LogP contribution < -0.4 is 4.74 Å². The fraction of sp³-hybridized carbons (Fsp3) is 0.448. The highest BCUT2D eigenvalue weighted by molar-refractivity contribution is 5.84. The van der Waals surface area contributed by atoms with Gasteiger partial charge in [0.15, 0.2) is 11.6 Å². The lowest BCUT2D eigenvalue weighted by Gasteiger charge is -2.28. The molecule has 1 fully saturated rings. The summed E-state index contributed by atoms with van der Waals surface area (Å²) in [6.45, 7) is 5.18.